The van der Waals surface area contributed by atoms with Crippen LogP contribution in [-0.4, -0.2) is 40.7 Å². The minimum atomic E-state index is -4.21. The lowest BCUT2D eigenvalue weighted by Crippen LogP contribution is -2.38. The topological polar surface area (TPSA) is 104 Å². The number of benzene rings is 4. The zero-order chi connectivity index (χ0) is 30.6. The largest absolute Gasteiger partial charge is 0.475 e. The van der Waals surface area contributed by atoms with Gasteiger partial charge in [0.25, 0.3) is 0 Å². The van der Waals surface area contributed by atoms with Gasteiger partial charge in [-0.2, -0.15) is 0 Å². The van der Waals surface area contributed by atoms with Crippen LogP contribution < -0.4 is 0 Å². The summed E-state index contributed by atoms with van der Waals surface area (Å²) in [6.07, 6.45) is -4.76. The molecule has 0 unspecified atom stereocenters. The van der Waals surface area contributed by atoms with Crippen LogP contribution in [0.4, 0.5) is 0 Å². The van der Waals surface area contributed by atoms with Crippen molar-refractivity contribution in [3.05, 3.63) is 144 Å². The zero-order valence-electron chi connectivity index (χ0n) is 24.5. The second kappa shape index (κ2) is 16.2. The van der Waals surface area contributed by atoms with Crippen LogP contribution in [0.5, 0.6) is 0 Å². The second-order valence-electron chi connectivity index (χ2n) is 10.8. The number of phosphoric acid groups is 1. The minimum absolute atomic E-state index is 0.0108. The fourth-order valence-corrected chi connectivity index (χ4v) is 6.39. The number of rotatable bonds is 14. The van der Waals surface area contributed by atoms with Gasteiger partial charge in [0.15, 0.2) is 0 Å². The molecular weight excluding hydrogens is 579 g/mol. The van der Waals surface area contributed by atoms with E-state index in [1.54, 1.807) is 0 Å². The van der Waals surface area contributed by atoms with Crippen LogP contribution in [0, 0.1) is 0 Å². The summed E-state index contributed by atoms with van der Waals surface area (Å²) >= 11 is 0. The third-order valence-electron chi connectivity index (χ3n) is 7.47. The minimum Gasteiger partial charge on any atom is -0.390 e. The van der Waals surface area contributed by atoms with Crippen LogP contribution in [0.2, 0.25) is 0 Å². The maximum absolute atomic E-state index is 14.2. The fourth-order valence-electron chi connectivity index (χ4n) is 5.02. The number of hydrogen-bond donors (Lipinski definition) is 2. The van der Waals surface area contributed by atoms with E-state index in [1.807, 2.05) is 121 Å². The van der Waals surface area contributed by atoms with Crippen molar-refractivity contribution in [3.63, 3.8) is 0 Å². The van der Waals surface area contributed by atoms with Crippen molar-refractivity contribution < 1.29 is 37.8 Å². The Morgan fingerprint density at radius 3 is 1.34 bits per heavy atom. The molecule has 2 N–H and O–H groups in total. The highest BCUT2D eigenvalue weighted by Gasteiger charge is 2.44. The summed E-state index contributed by atoms with van der Waals surface area (Å²) in [6, 6.07) is 37.9. The van der Waals surface area contributed by atoms with Gasteiger partial charge in [0, 0.05) is 12.8 Å². The molecule has 1 saturated carbocycles. The molecule has 4 aromatic rings. The second-order valence-corrected chi connectivity index (χ2v) is 12.4. The Labute approximate surface area is 258 Å². The third-order valence-corrected chi connectivity index (χ3v) is 8.89. The van der Waals surface area contributed by atoms with Gasteiger partial charge in [-0.05, 0) is 22.3 Å². The van der Waals surface area contributed by atoms with Gasteiger partial charge in [-0.25, -0.2) is 4.57 Å². The van der Waals surface area contributed by atoms with Gasteiger partial charge in [-0.15, -0.1) is 0 Å². The molecule has 0 aliphatic heterocycles. The van der Waals surface area contributed by atoms with Gasteiger partial charge < -0.3 is 19.7 Å². The molecule has 0 amide bonds. The Morgan fingerprint density at radius 2 is 0.909 bits per heavy atom. The quantitative estimate of drug-likeness (QED) is 0.120. The van der Waals surface area contributed by atoms with E-state index in [-0.39, 0.29) is 39.3 Å². The molecule has 0 radical (unpaired) electrons. The molecule has 44 heavy (non-hydrogen) atoms. The van der Waals surface area contributed by atoms with E-state index in [0.717, 1.165) is 22.3 Å². The summed E-state index contributed by atoms with van der Waals surface area (Å²) in [6.45, 7) is 0.459. The Bertz CT molecular complexity index is 1380. The molecule has 0 heterocycles. The van der Waals surface area contributed by atoms with Crippen molar-refractivity contribution in [2.75, 3.05) is 0 Å². The third kappa shape index (κ3) is 9.66. The standard InChI is InChI=1S/C35H39O8P/c36-31-21-33(43-44(38,41-25-29-17-9-3-10-18-29)42-26-30-19-11-4-12-20-30)32(39-23-27-13-5-1-6-14-27)22-34(35(31)37)40-24-28-15-7-2-8-16-28/h1-20,31-37H,21-26H2/t31-,32-,33-,34+,35-/m1/s1. The Kier molecular flexibility index (Phi) is 11.9. The maximum atomic E-state index is 14.2. The highest BCUT2D eigenvalue weighted by Crippen LogP contribution is 2.53. The fraction of sp³-hybridized carbons (Fsp3) is 0.314. The molecule has 1 aliphatic rings. The van der Waals surface area contributed by atoms with E-state index in [9.17, 15) is 14.8 Å². The average molecular weight is 619 g/mol. The summed E-state index contributed by atoms with van der Waals surface area (Å²) in [5, 5.41) is 22.2. The number of aliphatic hydroxyl groups excluding tert-OH is 2. The molecule has 0 bridgehead atoms. The van der Waals surface area contributed by atoms with Crippen molar-refractivity contribution in [1.82, 2.24) is 0 Å². The molecule has 5 rings (SSSR count). The molecule has 232 valence electrons. The van der Waals surface area contributed by atoms with Gasteiger partial charge >= 0.3 is 7.82 Å². The first-order valence-corrected chi connectivity index (χ1v) is 16.3. The predicted octanol–water partition coefficient (Wildman–Crippen LogP) is 6.60. The molecule has 0 aromatic heterocycles. The highest BCUT2D eigenvalue weighted by atomic mass is 31.2. The summed E-state index contributed by atoms with van der Waals surface area (Å²) in [7, 11) is -4.21. The molecule has 0 saturated heterocycles. The van der Waals surface area contributed by atoms with Gasteiger partial charge in [-0.3, -0.25) is 13.6 Å². The Hall–Kier alpha value is -3.17. The predicted molar refractivity (Wildman–Crippen MR) is 166 cm³/mol. The van der Waals surface area contributed by atoms with Gasteiger partial charge in [0.05, 0.1) is 50.8 Å². The number of ether oxygens (including phenoxy) is 2. The lowest BCUT2D eigenvalue weighted by Gasteiger charge is -2.30. The van der Waals surface area contributed by atoms with Crippen molar-refractivity contribution in [1.29, 1.82) is 0 Å². The van der Waals surface area contributed by atoms with Crippen LogP contribution in [-0.2, 0) is 54.0 Å². The monoisotopic (exact) mass is 618 g/mol. The average Bonchev–Trinajstić information content (AvgIpc) is 3.18. The van der Waals surface area contributed by atoms with Gasteiger partial charge in [0.1, 0.15) is 6.10 Å². The molecular formula is C35H39O8P. The van der Waals surface area contributed by atoms with Crippen LogP contribution in [0.3, 0.4) is 0 Å². The van der Waals surface area contributed by atoms with Crippen molar-refractivity contribution in [2.45, 2.75) is 69.8 Å². The summed E-state index contributed by atoms with van der Waals surface area (Å²) in [4.78, 5) is 0. The summed E-state index contributed by atoms with van der Waals surface area (Å²) in [5.74, 6) is 0. The Balaban J connectivity index is 1.37. The zero-order valence-corrected chi connectivity index (χ0v) is 25.4. The normalized spacial score (nSPS) is 22.4. The lowest BCUT2D eigenvalue weighted by molar-refractivity contribution is -0.103. The number of hydrogen-bond acceptors (Lipinski definition) is 8. The smallest absolute Gasteiger partial charge is 0.390 e. The number of phosphoric ester groups is 1. The van der Waals surface area contributed by atoms with E-state index in [2.05, 4.69) is 0 Å². The molecule has 1 aliphatic carbocycles. The van der Waals surface area contributed by atoms with E-state index < -0.39 is 38.3 Å². The first-order chi connectivity index (χ1) is 21.5. The van der Waals surface area contributed by atoms with E-state index in [0.29, 0.717) is 0 Å². The van der Waals surface area contributed by atoms with Crippen LogP contribution in [0.1, 0.15) is 35.1 Å². The molecule has 5 atom stereocenters. The van der Waals surface area contributed by atoms with E-state index >= 15 is 0 Å². The van der Waals surface area contributed by atoms with E-state index in [1.165, 1.54) is 0 Å². The van der Waals surface area contributed by atoms with Crippen LogP contribution in [0.15, 0.2) is 121 Å². The molecule has 0 spiro atoms. The first-order valence-electron chi connectivity index (χ1n) is 14.8. The molecule has 9 heteroatoms. The Morgan fingerprint density at radius 1 is 0.523 bits per heavy atom. The highest BCUT2D eigenvalue weighted by molar-refractivity contribution is 7.48. The van der Waals surface area contributed by atoms with Gasteiger partial charge in [-0.1, -0.05) is 121 Å². The molecule has 4 aromatic carbocycles. The van der Waals surface area contributed by atoms with Gasteiger partial charge in [0.2, 0.25) is 0 Å². The maximum Gasteiger partial charge on any atom is 0.475 e. The first kappa shape index (κ1) is 32.2. The number of aliphatic hydroxyl groups is 2. The van der Waals surface area contributed by atoms with E-state index in [4.69, 9.17) is 23.0 Å². The van der Waals surface area contributed by atoms with Crippen molar-refractivity contribution in [2.24, 2.45) is 0 Å². The lowest BCUT2D eigenvalue weighted by atomic mass is 10.1. The van der Waals surface area contributed by atoms with Crippen molar-refractivity contribution >= 4 is 7.82 Å². The van der Waals surface area contributed by atoms with Crippen LogP contribution >= 0.6 is 7.82 Å². The SMILES string of the molecule is O=P(OCc1ccccc1)(OCc1ccccc1)O[C@@H]1C[C@@H](O)[C@@H](O)[C@@H](OCc2ccccc2)C[C@H]1OCc1ccccc1. The summed E-state index contributed by atoms with van der Waals surface area (Å²) < 4.78 is 44.6. The van der Waals surface area contributed by atoms with Crippen molar-refractivity contribution in [3.8, 4) is 0 Å². The molecule has 1 fully saturated rings. The molecule has 8 nitrogen and oxygen atoms in total. The summed E-state index contributed by atoms with van der Waals surface area (Å²) in [5.41, 5.74) is 3.45. The van der Waals surface area contributed by atoms with Crippen LogP contribution in [0.25, 0.3) is 0 Å².